The quantitative estimate of drug-likeness (QED) is 0.0622. The Balaban J connectivity index is 0.000000165. The maximum absolute atomic E-state index is 14.0. The lowest BCUT2D eigenvalue weighted by atomic mass is 9.61. The molecule has 5 N–H and O–H groups in total. The number of hydrogen-bond acceptors (Lipinski definition) is 12. The molecule has 0 heterocycles. The van der Waals surface area contributed by atoms with Gasteiger partial charge in [0, 0.05) is 35.0 Å². The Morgan fingerprint density at radius 3 is 1.20 bits per heavy atom. The van der Waals surface area contributed by atoms with Crippen LogP contribution in [0.25, 0.3) is 0 Å². The summed E-state index contributed by atoms with van der Waals surface area (Å²) in [6.07, 6.45) is 58.8. The smallest absolute Gasteiger partial charge is 0.345 e. The Morgan fingerprint density at radius 1 is 0.457 bits per heavy atom. The normalized spacial score (nSPS) is 34.2. The number of aliphatic hydroxyl groups excluding tert-OH is 4. The Labute approximate surface area is 765 Å². The summed E-state index contributed by atoms with van der Waals surface area (Å²) in [5, 5.41) is 37.8. The van der Waals surface area contributed by atoms with Crippen LogP contribution in [0.2, 0.25) is 0 Å². The molecular formula is C109H155F2NO11S4. The lowest BCUT2D eigenvalue weighted by Gasteiger charge is -2.44. The molecule has 14 rings (SSSR count). The van der Waals surface area contributed by atoms with Crippen molar-refractivity contribution in [1.29, 1.82) is 4.78 Å². The predicted octanol–water partition coefficient (Wildman–Crippen LogP) is 26.1. The van der Waals surface area contributed by atoms with Crippen molar-refractivity contribution >= 4 is 39.2 Å². The van der Waals surface area contributed by atoms with Gasteiger partial charge >= 0.3 is 5.25 Å². The van der Waals surface area contributed by atoms with E-state index in [4.69, 9.17) is 4.78 Å². The molecule has 0 amide bonds. The van der Waals surface area contributed by atoms with Gasteiger partial charge in [-0.15, -0.1) is 0 Å². The van der Waals surface area contributed by atoms with Crippen molar-refractivity contribution in [1.82, 2.24) is 0 Å². The van der Waals surface area contributed by atoms with Crippen molar-refractivity contribution in [2.24, 2.45) is 80.8 Å². The minimum absolute atomic E-state index is 0.0640. The van der Waals surface area contributed by atoms with Crippen LogP contribution in [0.4, 0.5) is 8.78 Å². The number of benzene rings is 2. The summed E-state index contributed by atoms with van der Waals surface area (Å²) in [5.41, 5.74) is 18.9. The Morgan fingerprint density at radius 2 is 0.819 bits per heavy atom. The molecule has 10 fully saturated rings. The van der Waals surface area contributed by atoms with Crippen LogP contribution in [0.15, 0.2) is 247 Å². The summed E-state index contributed by atoms with van der Waals surface area (Å²) in [6.45, 7) is 35.2. The van der Waals surface area contributed by atoms with Gasteiger partial charge in [-0.25, -0.2) is 34.2 Å². The maximum Gasteiger partial charge on any atom is 0.345 e. The first-order valence-corrected chi connectivity index (χ1v) is 55.6. The zero-order valence-electron chi connectivity index (χ0n) is 78.5. The lowest BCUT2D eigenvalue weighted by Crippen LogP contribution is -2.36. The van der Waals surface area contributed by atoms with E-state index in [1.54, 1.807) is 35.4 Å². The summed E-state index contributed by atoms with van der Waals surface area (Å²) in [7, 11) is -13.4. The first kappa shape index (κ1) is 102. The molecule has 10 saturated carbocycles. The number of sulfone groups is 3. The summed E-state index contributed by atoms with van der Waals surface area (Å²) < 4.78 is 120. The average molecular weight is 1820 g/mol. The molecule has 18 heteroatoms. The highest BCUT2D eigenvalue weighted by Crippen LogP contribution is 2.63. The number of allylic oxidation sites excluding steroid dienone is 21. The largest absolute Gasteiger partial charge is 0.393 e. The second-order valence-electron chi connectivity index (χ2n) is 41.8. The Hall–Kier alpha value is -5.96. The Kier molecular flexibility index (Phi) is 34.7. The molecule has 10 unspecified atom stereocenters. The van der Waals surface area contributed by atoms with E-state index in [1.807, 2.05) is 49.4 Å². The highest BCUT2D eigenvalue weighted by atomic mass is 32.2. The predicted molar refractivity (Wildman–Crippen MR) is 520 cm³/mol. The van der Waals surface area contributed by atoms with Crippen LogP contribution in [-0.2, 0) is 39.2 Å². The molecular weight excluding hydrogens is 1670 g/mol. The summed E-state index contributed by atoms with van der Waals surface area (Å²) in [6, 6.07) is 18.2. The summed E-state index contributed by atoms with van der Waals surface area (Å²) in [5.74, 6) is 5.34. The van der Waals surface area contributed by atoms with Crippen LogP contribution in [0, 0.1) is 85.6 Å². The average Bonchev–Trinajstić information content (AvgIpc) is 1.63. The third-order valence-electron chi connectivity index (χ3n) is 32.9. The number of hydrogen-bond donors (Lipinski definition) is 5. The summed E-state index contributed by atoms with van der Waals surface area (Å²) >= 11 is 0. The summed E-state index contributed by atoms with van der Waals surface area (Å²) in [4.78, 5) is 1.11. The highest BCUT2D eigenvalue weighted by molar-refractivity contribution is 7.93. The zero-order chi connectivity index (χ0) is 92.2. The first-order valence-electron chi connectivity index (χ1n) is 48.3. The van der Waals surface area contributed by atoms with Crippen molar-refractivity contribution in [2.75, 3.05) is 24.0 Å². The molecule has 2 aromatic carbocycles. The van der Waals surface area contributed by atoms with Gasteiger partial charge in [0.05, 0.1) is 44.8 Å². The number of nitrogens with one attached hydrogen (secondary N) is 1. The molecule has 19 atom stereocenters. The van der Waals surface area contributed by atoms with Gasteiger partial charge in [0.15, 0.2) is 19.7 Å². The molecule has 12 nitrogen and oxygen atoms in total. The number of rotatable bonds is 24. The van der Waals surface area contributed by atoms with E-state index < -0.39 is 50.9 Å². The van der Waals surface area contributed by atoms with Crippen LogP contribution >= 0.6 is 0 Å². The highest BCUT2D eigenvalue weighted by Gasteiger charge is 2.54. The third-order valence-corrected chi connectivity index (χ3v) is 38.5. The minimum Gasteiger partial charge on any atom is -0.393 e. The van der Waals surface area contributed by atoms with E-state index in [0.717, 1.165) is 152 Å². The number of aliphatic hydroxyl groups is 4. The van der Waals surface area contributed by atoms with Crippen molar-refractivity contribution in [3.63, 3.8) is 0 Å². The molecule has 700 valence electrons. The van der Waals surface area contributed by atoms with Gasteiger partial charge in [-0.05, 0) is 352 Å². The fourth-order valence-corrected chi connectivity index (χ4v) is 29.2. The molecule has 0 aromatic heterocycles. The maximum atomic E-state index is 14.0. The van der Waals surface area contributed by atoms with Crippen molar-refractivity contribution in [2.45, 2.75) is 326 Å². The molecule has 2 aromatic rings. The SMILES string of the molecule is C=C1CCC(O)C/C1=C/C=C1\CCC[C@]2(C)C(C(C)C/C=C/S(C)(=O)=O)=CC[C@@H]12.C=C1CCC(O)C/C1=C/C=C1\CCC[C@]2(C)C(C(C)CCC(F)(F)S(C)(=O)=O)=CC[C@@H]12.C=C1CCC(O)C/C1=C/C=C1\CCC[C@]2(C)C(C(C)CCCS(=N)(=O)c3ccccc3)CC[C@@H]12.C=C1CCC(O)C/C1=C/C=C1\CCC[C@]2(C)[C@@H](C(C)CCS(=O)(=O)c3ccccc3)CC[C@@H]12. The van der Waals surface area contributed by atoms with Gasteiger partial charge in [0.25, 0.3) is 0 Å². The van der Waals surface area contributed by atoms with E-state index in [1.165, 1.54) is 138 Å². The van der Waals surface area contributed by atoms with Gasteiger partial charge in [-0.3, -0.25) is 0 Å². The van der Waals surface area contributed by atoms with Crippen LogP contribution in [-0.4, -0.2) is 104 Å². The molecule has 12 aliphatic rings. The van der Waals surface area contributed by atoms with E-state index in [-0.39, 0.29) is 58.8 Å². The topological polar surface area (TPSA) is 224 Å². The molecule has 127 heavy (non-hydrogen) atoms. The number of fused-ring (bicyclic) bond motifs is 4. The van der Waals surface area contributed by atoms with Crippen LogP contribution < -0.4 is 0 Å². The zero-order valence-corrected chi connectivity index (χ0v) is 81.8. The van der Waals surface area contributed by atoms with Crippen molar-refractivity contribution < 1.29 is 58.7 Å². The molecule has 0 saturated heterocycles. The van der Waals surface area contributed by atoms with Gasteiger partial charge in [0.1, 0.15) is 0 Å². The fraction of sp³-hybridized carbons (Fsp3) is 0.615. The lowest BCUT2D eigenvalue weighted by molar-refractivity contribution is 0.0756. The molecule has 12 aliphatic carbocycles. The number of halogens is 2. The van der Waals surface area contributed by atoms with Crippen LogP contribution in [0.5, 0.6) is 0 Å². The van der Waals surface area contributed by atoms with Gasteiger partial charge in [0.2, 0.25) is 9.84 Å². The molecule has 0 radical (unpaired) electrons. The Bertz CT molecular complexity index is 5110. The molecule has 0 aliphatic heterocycles. The second-order valence-corrected chi connectivity index (χ2v) is 50.2. The van der Waals surface area contributed by atoms with Crippen molar-refractivity contribution in [3.05, 3.63) is 237 Å². The van der Waals surface area contributed by atoms with E-state index in [2.05, 4.69) is 136 Å². The van der Waals surface area contributed by atoms with Crippen LogP contribution in [0.1, 0.15) is 287 Å². The van der Waals surface area contributed by atoms with Gasteiger partial charge in [-0.1, -0.05) is 241 Å². The standard InChI is InChI=1S/C30H43NO2S.C29H40O3S.C25H36F2O3S.C25H36O3S/c1-22-13-16-26(32)21-25(22)15-14-24-10-7-19-30(3)28(17-18-29(24)30)23(2)9-8-20-34(31,33)27-11-5-4-6-12-27;1-21-11-14-25(30)20-24(21)13-12-23-8-7-18-29(3)27(15-16-28(23)29)22(2)17-19-33(31,32)26-9-5-4-6-10-26;1-17-7-10-21(28)16-20(17)9-8-19-6-5-14-24(3)22(11-12-23(19)24)18(2)13-15-25(26,27)31(4,29)30;1-18-9-12-22(26)17-21(18)11-10-20-8-5-15-25(3)23(13-14-24(20)25)19(2)7-6-16-29(4,27)28/h4-6,11-12,14-15,23,26,28-29,31-32H,1,7-10,13,16-21H2,2-3H3;4-6,9-10,12-13,22,25,27-28,30H,1,7-8,11,14-20H2,2-3H3;8-9,11,18,21,23,28H,1,5-7,10,12-16H2,2-4H3;6,10-11,13,16,19,22,24,26H,1,5,7-9,12,14-15,17H2,2-4H3/b24-14+,25-15-;23-12+,24-13-;19-8+,20-9-;16-6+,20-10+,21-11-/t23?,26?,28?,29-,30+,34?;22?,25?,27-,28+,29-;18?,21?,23-,24+;19?,22?,24-,25+/m0100/s1. The van der Waals surface area contributed by atoms with Crippen LogP contribution in [0.3, 0.4) is 0 Å². The van der Waals surface area contributed by atoms with E-state index in [0.29, 0.717) is 86.9 Å². The van der Waals surface area contributed by atoms with E-state index in [9.17, 15) is 58.7 Å². The number of alkyl halides is 2. The molecule has 0 bridgehead atoms. The van der Waals surface area contributed by atoms with E-state index >= 15 is 0 Å². The fourth-order valence-electron chi connectivity index (χ4n) is 25.4. The van der Waals surface area contributed by atoms with Gasteiger partial charge < -0.3 is 20.4 Å². The monoisotopic (exact) mass is 1820 g/mol. The molecule has 0 spiro atoms. The first-order chi connectivity index (χ1) is 59.9. The van der Waals surface area contributed by atoms with Gasteiger partial charge in [-0.2, -0.15) is 8.78 Å². The van der Waals surface area contributed by atoms with Crippen molar-refractivity contribution in [3.8, 4) is 0 Å². The second kappa shape index (κ2) is 43.4. The third kappa shape index (κ3) is 25.3. The minimum atomic E-state index is -4.39.